The van der Waals surface area contributed by atoms with Gasteiger partial charge in [-0.2, -0.15) is 0 Å². The highest BCUT2D eigenvalue weighted by Gasteiger charge is 2.28. The number of nitrogens with zero attached hydrogens (tertiary/aromatic N) is 2. The minimum absolute atomic E-state index is 0.345. The maximum Gasteiger partial charge on any atom is 0.336 e. The molecule has 1 atom stereocenters. The van der Waals surface area contributed by atoms with E-state index in [4.69, 9.17) is 13.9 Å². The minimum Gasteiger partial charge on any atom is -0.467 e. The van der Waals surface area contributed by atoms with E-state index in [1.165, 1.54) is 7.11 Å². The van der Waals surface area contributed by atoms with Gasteiger partial charge in [-0.05, 0) is 12.5 Å². The molecule has 0 N–H and O–H groups in total. The van der Waals surface area contributed by atoms with Crippen molar-refractivity contribution in [1.29, 1.82) is 0 Å². The van der Waals surface area contributed by atoms with Gasteiger partial charge in [-0.3, -0.25) is 4.90 Å². The molecule has 6 nitrogen and oxygen atoms in total. The summed E-state index contributed by atoms with van der Waals surface area (Å²) < 4.78 is 16.0. The number of rotatable bonds is 4. The van der Waals surface area contributed by atoms with Crippen LogP contribution in [0.5, 0.6) is 0 Å². The molecular formula is C17H20N2O4. The molecule has 0 spiro atoms. The molecule has 1 aliphatic rings. The van der Waals surface area contributed by atoms with Crippen LogP contribution in [-0.4, -0.2) is 48.8 Å². The molecule has 2 aromatic rings. The fraction of sp³-hybridized carbons (Fsp3) is 0.412. The van der Waals surface area contributed by atoms with Crippen LogP contribution in [0.4, 0.5) is 0 Å². The smallest absolute Gasteiger partial charge is 0.336 e. The molecule has 0 unspecified atom stereocenters. The first-order valence-electron chi connectivity index (χ1n) is 7.60. The quantitative estimate of drug-likeness (QED) is 0.804. The number of hydrogen-bond acceptors (Lipinski definition) is 6. The van der Waals surface area contributed by atoms with Crippen molar-refractivity contribution in [3.63, 3.8) is 0 Å². The molecule has 6 heteroatoms. The number of methoxy groups -OCH3 is 1. The van der Waals surface area contributed by atoms with Crippen LogP contribution in [0.3, 0.4) is 0 Å². The van der Waals surface area contributed by atoms with Gasteiger partial charge in [0.05, 0.1) is 26.5 Å². The second kappa shape index (κ2) is 6.93. The Hall–Kier alpha value is -2.18. The summed E-state index contributed by atoms with van der Waals surface area (Å²) in [6, 6.07) is 8.03. The molecule has 23 heavy (non-hydrogen) atoms. The summed E-state index contributed by atoms with van der Waals surface area (Å²) in [7, 11) is 1.37. The number of esters is 1. The van der Waals surface area contributed by atoms with Crippen molar-refractivity contribution >= 4 is 5.97 Å². The average molecular weight is 316 g/mol. The summed E-state index contributed by atoms with van der Waals surface area (Å²) >= 11 is 0. The molecule has 0 amide bonds. The number of ether oxygens (including phenoxy) is 2. The Balaban J connectivity index is 1.67. The van der Waals surface area contributed by atoms with Crippen LogP contribution < -0.4 is 0 Å². The normalized spacial score (nSPS) is 18.8. The third kappa shape index (κ3) is 3.60. The lowest BCUT2D eigenvalue weighted by Gasteiger charge is -2.30. The molecule has 1 fully saturated rings. The Kier molecular flexibility index (Phi) is 4.73. The Morgan fingerprint density at radius 2 is 2.26 bits per heavy atom. The fourth-order valence-corrected chi connectivity index (χ4v) is 2.67. The summed E-state index contributed by atoms with van der Waals surface area (Å²) in [6.07, 6.45) is 1.20. The number of carbonyl (C=O) groups excluding carboxylic acids is 1. The first kappa shape index (κ1) is 15.7. The van der Waals surface area contributed by atoms with Gasteiger partial charge >= 0.3 is 5.97 Å². The molecule has 0 radical (unpaired) electrons. The molecular weight excluding hydrogens is 296 g/mol. The molecule has 0 aliphatic carbocycles. The number of carbonyl (C=O) groups is 1. The van der Waals surface area contributed by atoms with Gasteiger partial charge in [0.25, 0.3) is 0 Å². The zero-order valence-electron chi connectivity index (χ0n) is 13.3. The summed E-state index contributed by atoms with van der Waals surface area (Å²) in [5, 5.41) is 0. The topological polar surface area (TPSA) is 64.8 Å². The van der Waals surface area contributed by atoms with Gasteiger partial charge in [-0.15, -0.1) is 0 Å². The van der Waals surface area contributed by atoms with Crippen LogP contribution in [0, 0.1) is 6.92 Å². The zero-order valence-corrected chi connectivity index (χ0v) is 13.3. The van der Waals surface area contributed by atoms with E-state index in [9.17, 15) is 4.79 Å². The van der Waals surface area contributed by atoms with Crippen LogP contribution in [0.15, 0.2) is 34.9 Å². The third-order valence-electron chi connectivity index (χ3n) is 3.94. The first-order valence-corrected chi connectivity index (χ1v) is 7.60. The van der Waals surface area contributed by atoms with E-state index < -0.39 is 6.10 Å². The molecule has 2 heterocycles. The lowest BCUT2D eigenvalue weighted by molar-refractivity contribution is -0.160. The summed E-state index contributed by atoms with van der Waals surface area (Å²) in [6.45, 7) is 4.29. The van der Waals surface area contributed by atoms with Gasteiger partial charge in [-0.25, -0.2) is 9.78 Å². The van der Waals surface area contributed by atoms with Crippen molar-refractivity contribution in [3.05, 3.63) is 41.9 Å². The standard InChI is InChI=1S/C17H20N2O4/c1-12-5-3-4-6-13(12)14-9-18-16(23-14)11-19-7-8-22-15(10-19)17(20)21-2/h3-6,9,15H,7-8,10-11H2,1-2H3/t15-/m0/s1. The maximum atomic E-state index is 11.6. The Morgan fingerprint density at radius 3 is 3.04 bits per heavy atom. The summed E-state index contributed by atoms with van der Waals surface area (Å²) in [5.74, 6) is 1.05. The zero-order chi connectivity index (χ0) is 16.2. The van der Waals surface area contributed by atoms with E-state index in [1.54, 1.807) is 6.20 Å². The Bertz CT molecular complexity index is 683. The second-order valence-electron chi connectivity index (χ2n) is 5.55. The van der Waals surface area contributed by atoms with Crippen molar-refractivity contribution in [2.75, 3.05) is 26.8 Å². The molecule has 1 aromatic heterocycles. The van der Waals surface area contributed by atoms with E-state index >= 15 is 0 Å². The van der Waals surface area contributed by atoms with Crippen molar-refractivity contribution in [1.82, 2.24) is 9.88 Å². The van der Waals surface area contributed by atoms with Crippen molar-refractivity contribution < 1.29 is 18.7 Å². The molecule has 122 valence electrons. The van der Waals surface area contributed by atoms with Gasteiger partial charge in [0.15, 0.2) is 11.9 Å². The molecule has 0 bridgehead atoms. The van der Waals surface area contributed by atoms with Gasteiger partial charge in [-0.1, -0.05) is 24.3 Å². The predicted octanol–water partition coefficient (Wildman–Crippen LogP) is 2.02. The SMILES string of the molecule is COC(=O)[C@@H]1CN(Cc2ncc(-c3ccccc3C)o2)CCO1. The summed E-state index contributed by atoms with van der Waals surface area (Å²) in [5.41, 5.74) is 2.19. The monoisotopic (exact) mass is 316 g/mol. The number of benzene rings is 1. The minimum atomic E-state index is -0.542. The Morgan fingerprint density at radius 1 is 1.43 bits per heavy atom. The lowest BCUT2D eigenvalue weighted by atomic mass is 10.1. The number of morpholine rings is 1. The fourth-order valence-electron chi connectivity index (χ4n) is 2.67. The molecule has 0 saturated carbocycles. The van der Waals surface area contributed by atoms with Crippen LogP contribution in [0.1, 0.15) is 11.5 Å². The molecule has 1 aliphatic heterocycles. The van der Waals surface area contributed by atoms with E-state index in [1.807, 2.05) is 31.2 Å². The van der Waals surface area contributed by atoms with E-state index in [2.05, 4.69) is 9.88 Å². The average Bonchev–Trinajstić information content (AvgIpc) is 3.03. The number of hydrogen-bond donors (Lipinski definition) is 0. The predicted molar refractivity (Wildman–Crippen MR) is 83.7 cm³/mol. The molecule has 1 saturated heterocycles. The lowest BCUT2D eigenvalue weighted by Crippen LogP contribution is -2.46. The maximum absolute atomic E-state index is 11.6. The summed E-state index contributed by atoms with van der Waals surface area (Å²) in [4.78, 5) is 18.0. The van der Waals surface area contributed by atoms with Crippen molar-refractivity contribution in [2.24, 2.45) is 0 Å². The number of oxazole rings is 1. The van der Waals surface area contributed by atoms with Crippen LogP contribution >= 0.6 is 0 Å². The molecule has 1 aromatic carbocycles. The number of aromatic nitrogens is 1. The second-order valence-corrected chi connectivity index (χ2v) is 5.55. The van der Waals surface area contributed by atoms with Crippen LogP contribution in [-0.2, 0) is 20.8 Å². The largest absolute Gasteiger partial charge is 0.467 e. The van der Waals surface area contributed by atoms with Gasteiger partial charge in [0.2, 0.25) is 5.89 Å². The highest BCUT2D eigenvalue weighted by atomic mass is 16.6. The third-order valence-corrected chi connectivity index (χ3v) is 3.94. The van der Waals surface area contributed by atoms with E-state index in [-0.39, 0.29) is 5.97 Å². The number of aryl methyl sites for hydroxylation is 1. The van der Waals surface area contributed by atoms with Crippen LogP contribution in [0.25, 0.3) is 11.3 Å². The van der Waals surface area contributed by atoms with Gasteiger partial charge in [0, 0.05) is 18.7 Å². The highest BCUT2D eigenvalue weighted by Crippen LogP contribution is 2.24. The van der Waals surface area contributed by atoms with E-state index in [0.717, 1.165) is 23.4 Å². The highest BCUT2D eigenvalue weighted by molar-refractivity contribution is 5.74. The van der Waals surface area contributed by atoms with E-state index in [0.29, 0.717) is 25.6 Å². The first-order chi connectivity index (χ1) is 11.2. The van der Waals surface area contributed by atoms with Crippen LogP contribution in [0.2, 0.25) is 0 Å². The van der Waals surface area contributed by atoms with Gasteiger partial charge < -0.3 is 13.9 Å². The van der Waals surface area contributed by atoms with Crippen molar-refractivity contribution in [2.45, 2.75) is 19.6 Å². The molecule has 3 rings (SSSR count). The Labute approximate surface area is 135 Å². The van der Waals surface area contributed by atoms with Crippen molar-refractivity contribution in [3.8, 4) is 11.3 Å². The van der Waals surface area contributed by atoms with Gasteiger partial charge in [0.1, 0.15) is 0 Å².